The Morgan fingerprint density at radius 1 is 1.45 bits per heavy atom. The summed E-state index contributed by atoms with van der Waals surface area (Å²) in [6.07, 6.45) is 5.01. The minimum absolute atomic E-state index is 0.120. The quantitative estimate of drug-likeness (QED) is 0.886. The molecule has 0 saturated carbocycles. The number of carbonyl (C=O) groups excluding carboxylic acids is 1. The Bertz CT molecular complexity index is 481. The molecule has 1 atom stereocenters. The second kappa shape index (κ2) is 6.27. The molecule has 3 rings (SSSR count). The molecule has 2 heterocycles. The van der Waals surface area contributed by atoms with Gasteiger partial charge in [0.15, 0.2) is 0 Å². The predicted octanol–water partition coefficient (Wildman–Crippen LogP) is 2.34. The molecule has 2 aliphatic heterocycles. The number of benzene rings is 1. The van der Waals surface area contributed by atoms with Crippen molar-refractivity contribution in [2.75, 3.05) is 25.0 Å². The number of hydrogen-bond donors (Lipinski definition) is 2. The lowest BCUT2D eigenvalue weighted by atomic mass is 9.94. The summed E-state index contributed by atoms with van der Waals surface area (Å²) in [6.45, 7) is 2.94. The molecule has 108 valence electrons. The Labute approximate surface area is 119 Å². The second-order valence-corrected chi connectivity index (χ2v) is 5.72. The first-order chi connectivity index (χ1) is 9.81. The van der Waals surface area contributed by atoms with Gasteiger partial charge in [-0.15, -0.1) is 0 Å². The van der Waals surface area contributed by atoms with E-state index < -0.39 is 0 Å². The summed E-state index contributed by atoms with van der Waals surface area (Å²) in [7, 11) is 0. The fourth-order valence-electron chi connectivity index (χ4n) is 2.99. The maximum absolute atomic E-state index is 12.0. The number of piperidine rings is 1. The summed E-state index contributed by atoms with van der Waals surface area (Å²) >= 11 is 0. The third-order valence-corrected chi connectivity index (χ3v) is 4.15. The van der Waals surface area contributed by atoms with Crippen molar-refractivity contribution < 1.29 is 9.53 Å². The smallest absolute Gasteiger partial charge is 0.224 e. The zero-order valence-electron chi connectivity index (χ0n) is 11.8. The van der Waals surface area contributed by atoms with Gasteiger partial charge >= 0.3 is 0 Å². The molecule has 1 fully saturated rings. The van der Waals surface area contributed by atoms with Crippen LogP contribution in [0.2, 0.25) is 0 Å². The molecule has 1 saturated heterocycles. The molecule has 2 N–H and O–H groups in total. The number of fused-ring (bicyclic) bond motifs is 1. The maximum Gasteiger partial charge on any atom is 0.224 e. The molecule has 1 amide bonds. The van der Waals surface area contributed by atoms with E-state index in [4.69, 9.17) is 4.74 Å². The molecule has 0 bridgehead atoms. The van der Waals surface area contributed by atoms with Crippen molar-refractivity contribution in [2.45, 2.75) is 32.1 Å². The summed E-state index contributed by atoms with van der Waals surface area (Å²) in [5.74, 6) is 1.73. The summed E-state index contributed by atoms with van der Waals surface area (Å²) in [5.41, 5.74) is 2.08. The van der Waals surface area contributed by atoms with E-state index in [1.807, 2.05) is 18.2 Å². The van der Waals surface area contributed by atoms with Crippen LogP contribution < -0.4 is 15.4 Å². The van der Waals surface area contributed by atoms with E-state index in [9.17, 15) is 4.79 Å². The predicted molar refractivity (Wildman–Crippen MR) is 79.1 cm³/mol. The van der Waals surface area contributed by atoms with Crippen LogP contribution in [0.25, 0.3) is 0 Å². The van der Waals surface area contributed by atoms with Crippen molar-refractivity contribution in [3.8, 4) is 5.75 Å². The second-order valence-electron chi connectivity index (χ2n) is 5.72. The van der Waals surface area contributed by atoms with Crippen molar-refractivity contribution in [1.29, 1.82) is 0 Å². The molecule has 1 aromatic rings. The summed E-state index contributed by atoms with van der Waals surface area (Å²) in [6, 6.07) is 5.90. The van der Waals surface area contributed by atoms with E-state index in [0.29, 0.717) is 12.3 Å². The van der Waals surface area contributed by atoms with E-state index in [-0.39, 0.29) is 5.91 Å². The van der Waals surface area contributed by atoms with Crippen molar-refractivity contribution in [3.63, 3.8) is 0 Å². The summed E-state index contributed by atoms with van der Waals surface area (Å²) in [5, 5.41) is 6.39. The normalized spacial score (nSPS) is 21.1. The number of amides is 1. The number of nitrogens with one attached hydrogen (secondary N) is 2. The lowest BCUT2D eigenvalue weighted by Crippen LogP contribution is -2.30. The summed E-state index contributed by atoms with van der Waals surface area (Å²) < 4.78 is 5.47. The highest BCUT2D eigenvalue weighted by molar-refractivity contribution is 5.90. The highest BCUT2D eigenvalue weighted by Gasteiger charge is 2.16. The first kappa shape index (κ1) is 13.4. The van der Waals surface area contributed by atoms with Crippen molar-refractivity contribution >= 4 is 11.6 Å². The fraction of sp³-hybridized carbons (Fsp3) is 0.562. The average molecular weight is 274 g/mol. The third-order valence-electron chi connectivity index (χ3n) is 4.15. The van der Waals surface area contributed by atoms with Crippen LogP contribution in [0.5, 0.6) is 5.75 Å². The van der Waals surface area contributed by atoms with Gasteiger partial charge in [0.05, 0.1) is 6.61 Å². The Balaban J connectivity index is 1.48. The van der Waals surface area contributed by atoms with Crippen LogP contribution in [0.15, 0.2) is 18.2 Å². The standard InChI is InChI=1S/C16H22N2O2/c19-16(6-3-12-2-1-8-17-11-12)18-14-4-5-15-13(10-14)7-9-20-15/h4-5,10,12,17H,1-3,6-9,11H2,(H,18,19). The van der Waals surface area contributed by atoms with Gasteiger partial charge in [-0.2, -0.15) is 0 Å². The van der Waals surface area contributed by atoms with E-state index in [1.165, 1.54) is 18.4 Å². The first-order valence-corrected chi connectivity index (χ1v) is 7.57. The minimum Gasteiger partial charge on any atom is -0.493 e. The highest BCUT2D eigenvalue weighted by atomic mass is 16.5. The van der Waals surface area contributed by atoms with Gasteiger partial charge < -0.3 is 15.4 Å². The Hall–Kier alpha value is -1.55. The van der Waals surface area contributed by atoms with Gasteiger partial charge in [-0.05, 0) is 62.0 Å². The molecule has 20 heavy (non-hydrogen) atoms. The van der Waals surface area contributed by atoms with E-state index in [1.54, 1.807) is 0 Å². The lowest BCUT2D eigenvalue weighted by Gasteiger charge is -2.22. The van der Waals surface area contributed by atoms with Gasteiger partial charge in [-0.3, -0.25) is 4.79 Å². The topological polar surface area (TPSA) is 50.4 Å². The van der Waals surface area contributed by atoms with Crippen LogP contribution in [0.4, 0.5) is 5.69 Å². The molecular formula is C16H22N2O2. The molecule has 4 heteroatoms. The summed E-state index contributed by atoms with van der Waals surface area (Å²) in [4.78, 5) is 12.0. The van der Waals surface area contributed by atoms with Crippen LogP contribution >= 0.6 is 0 Å². The Morgan fingerprint density at radius 3 is 3.25 bits per heavy atom. The number of ether oxygens (including phenoxy) is 1. The van der Waals surface area contributed by atoms with E-state index in [0.717, 1.165) is 44.0 Å². The van der Waals surface area contributed by atoms with Crippen LogP contribution in [0.1, 0.15) is 31.2 Å². The van der Waals surface area contributed by atoms with Crippen LogP contribution in [-0.2, 0) is 11.2 Å². The monoisotopic (exact) mass is 274 g/mol. The number of anilines is 1. The van der Waals surface area contributed by atoms with Gasteiger partial charge in [-0.1, -0.05) is 0 Å². The van der Waals surface area contributed by atoms with E-state index in [2.05, 4.69) is 10.6 Å². The first-order valence-electron chi connectivity index (χ1n) is 7.57. The van der Waals surface area contributed by atoms with Crippen LogP contribution in [0.3, 0.4) is 0 Å². The number of rotatable bonds is 4. The highest BCUT2D eigenvalue weighted by Crippen LogP contribution is 2.28. The molecule has 0 radical (unpaired) electrons. The van der Waals surface area contributed by atoms with Crippen molar-refractivity contribution in [3.05, 3.63) is 23.8 Å². The van der Waals surface area contributed by atoms with Gasteiger partial charge in [0.1, 0.15) is 5.75 Å². The molecule has 1 unspecified atom stereocenters. The van der Waals surface area contributed by atoms with Gasteiger partial charge in [-0.25, -0.2) is 0 Å². The molecule has 4 nitrogen and oxygen atoms in total. The molecule has 0 aromatic heterocycles. The van der Waals surface area contributed by atoms with E-state index >= 15 is 0 Å². The van der Waals surface area contributed by atoms with Gasteiger partial charge in [0.2, 0.25) is 5.91 Å². The van der Waals surface area contributed by atoms with Crippen LogP contribution in [0, 0.1) is 5.92 Å². The zero-order valence-corrected chi connectivity index (χ0v) is 11.8. The molecule has 2 aliphatic rings. The number of hydrogen-bond acceptors (Lipinski definition) is 3. The van der Waals surface area contributed by atoms with Crippen molar-refractivity contribution in [2.24, 2.45) is 5.92 Å². The molecule has 0 spiro atoms. The fourth-order valence-corrected chi connectivity index (χ4v) is 2.99. The number of carbonyl (C=O) groups is 1. The van der Waals surface area contributed by atoms with Crippen molar-refractivity contribution in [1.82, 2.24) is 5.32 Å². The zero-order chi connectivity index (χ0) is 13.8. The lowest BCUT2D eigenvalue weighted by molar-refractivity contribution is -0.116. The average Bonchev–Trinajstić information content (AvgIpc) is 2.94. The van der Waals surface area contributed by atoms with Gasteiger partial charge in [0, 0.05) is 18.5 Å². The largest absolute Gasteiger partial charge is 0.493 e. The molecule has 0 aliphatic carbocycles. The minimum atomic E-state index is 0.120. The third kappa shape index (κ3) is 3.31. The van der Waals surface area contributed by atoms with Crippen LogP contribution in [-0.4, -0.2) is 25.6 Å². The SMILES string of the molecule is O=C(CCC1CCCNC1)Nc1ccc2c(c1)CCO2. The molecular weight excluding hydrogens is 252 g/mol. The van der Waals surface area contributed by atoms with Gasteiger partial charge in [0.25, 0.3) is 0 Å². The maximum atomic E-state index is 12.0. The Morgan fingerprint density at radius 2 is 2.40 bits per heavy atom. The Kier molecular flexibility index (Phi) is 4.21. The molecule has 1 aromatic carbocycles.